The van der Waals surface area contributed by atoms with Crippen LogP contribution in [0.4, 0.5) is 0 Å². The van der Waals surface area contributed by atoms with E-state index < -0.39 is 8.07 Å². The maximum atomic E-state index is 5.78. The number of fused-ring (bicyclic) bond motifs is 1. The van der Waals surface area contributed by atoms with Gasteiger partial charge in [0.25, 0.3) is 0 Å². The van der Waals surface area contributed by atoms with E-state index in [2.05, 4.69) is 45.0 Å². The van der Waals surface area contributed by atoms with E-state index in [0.717, 1.165) is 11.5 Å². The number of hydrogen-bond acceptors (Lipinski definition) is 1. The summed E-state index contributed by atoms with van der Waals surface area (Å²) in [5.74, 6) is 0. The van der Waals surface area contributed by atoms with Crippen LogP contribution in [0.5, 0.6) is 0 Å². The highest BCUT2D eigenvalue weighted by atomic mass is 32.1. The fourth-order valence-electron chi connectivity index (χ4n) is 3.34. The highest BCUT2D eigenvalue weighted by molar-refractivity contribution is 7.81. The van der Waals surface area contributed by atoms with Crippen molar-refractivity contribution in [1.82, 2.24) is 4.90 Å². The van der Waals surface area contributed by atoms with Gasteiger partial charge in [0.1, 0.15) is 4.99 Å². The number of rotatable bonds is 1. The van der Waals surface area contributed by atoms with Gasteiger partial charge in [0.15, 0.2) is 0 Å². The molecule has 2 heterocycles. The minimum Gasteiger partial charge on any atom is -0.353 e. The maximum Gasteiger partial charge on any atom is 0.102 e. The molecule has 1 atom stereocenters. The Morgan fingerprint density at radius 3 is 2.47 bits per heavy atom. The summed E-state index contributed by atoms with van der Waals surface area (Å²) in [4.78, 5) is 3.56. The zero-order valence-electron chi connectivity index (χ0n) is 11.7. The van der Waals surface area contributed by atoms with Gasteiger partial charge in [-0.15, -0.1) is 0 Å². The van der Waals surface area contributed by atoms with Crippen molar-refractivity contribution < 1.29 is 0 Å². The molecule has 94 valence electrons. The Hall–Kier alpha value is -0.413. The zero-order valence-corrected chi connectivity index (χ0v) is 13.5. The second-order valence-corrected chi connectivity index (χ2v) is 11.9. The minimum absolute atomic E-state index is 0.102. The molecular weight excluding hydrogens is 242 g/mol. The SMILES string of the molecule is C=C1C(C)=C([Si](C)(C)C)C(=S)N2CCCC12C. The Labute approximate surface area is 112 Å². The van der Waals surface area contributed by atoms with Crippen LogP contribution in [-0.2, 0) is 0 Å². The molecule has 0 aromatic carbocycles. The molecule has 0 radical (unpaired) electrons. The van der Waals surface area contributed by atoms with E-state index in [0.29, 0.717) is 0 Å². The van der Waals surface area contributed by atoms with Gasteiger partial charge in [-0.1, -0.05) is 38.4 Å². The summed E-state index contributed by atoms with van der Waals surface area (Å²) in [7, 11) is -1.38. The normalized spacial score (nSPS) is 30.1. The molecule has 3 heteroatoms. The summed E-state index contributed by atoms with van der Waals surface area (Å²) in [5.41, 5.74) is 2.79. The fraction of sp³-hybridized carbons (Fsp3) is 0.643. The molecular formula is C14H23NSSi. The van der Waals surface area contributed by atoms with Crippen molar-refractivity contribution in [2.45, 2.75) is 51.9 Å². The largest absolute Gasteiger partial charge is 0.353 e. The monoisotopic (exact) mass is 265 g/mol. The van der Waals surface area contributed by atoms with Crippen molar-refractivity contribution in [3.8, 4) is 0 Å². The summed E-state index contributed by atoms with van der Waals surface area (Å²) in [6.45, 7) is 17.1. The Morgan fingerprint density at radius 2 is 1.94 bits per heavy atom. The molecule has 0 aliphatic carbocycles. The van der Waals surface area contributed by atoms with Crippen LogP contribution in [-0.4, -0.2) is 30.0 Å². The van der Waals surface area contributed by atoms with E-state index in [9.17, 15) is 0 Å². The molecule has 0 saturated carbocycles. The van der Waals surface area contributed by atoms with Gasteiger partial charge in [0.2, 0.25) is 0 Å². The van der Waals surface area contributed by atoms with Crippen LogP contribution < -0.4 is 0 Å². The molecule has 1 nitrogen and oxygen atoms in total. The van der Waals surface area contributed by atoms with Crippen molar-refractivity contribution in [1.29, 1.82) is 0 Å². The molecule has 2 rings (SSSR count). The molecule has 2 aliphatic rings. The van der Waals surface area contributed by atoms with Gasteiger partial charge < -0.3 is 4.90 Å². The average molecular weight is 265 g/mol. The average Bonchev–Trinajstić information content (AvgIpc) is 2.57. The molecule has 0 bridgehead atoms. The first-order valence-electron chi connectivity index (χ1n) is 6.42. The van der Waals surface area contributed by atoms with E-state index in [-0.39, 0.29) is 5.54 Å². The minimum atomic E-state index is -1.38. The lowest BCUT2D eigenvalue weighted by atomic mass is 9.83. The Morgan fingerprint density at radius 1 is 1.35 bits per heavy atom. The first-order valence-corrected chi connectivity index (χ1v) is 10.3. The maximum absolute atomic E-state index is 5.78. The molecule has 2 aliphatic heterocycles. The third-order valence-electron chi connectivity index (χ3n) is 4.33. The third-order valence-corrected chi connectivity index (χ3v) is 7.05. The van der Waals surface area contributed by atoms with Gasteiger partial charge in [-0.2, -0.15) is 0 Å². The van der Waals surface area contributed by atoms with Gasteiger partial charge in [-0.05, 0) is 43.0 Å². The standard InChI is InChI=1S/C14H23NSSi/c1-10-11(2)14(3)8-7-9-15(14)13(16)12(10)17(4,5)6/h2,7-9H2,1,3-6H3. The van der Waals surface area contributed by atoms with Gasteiger partial charge >= 0.3 is 0 Å². The van der Waals surface area contributed by atoms with E-state index >= 15 is 0 Å². The topological polar surface area (TPSA) is 3.24 Å². The first kappa shape index (κ1) is 13.0. The van der Waals surface area contributed by atoms with Crippen molar-refractivity contribution >= 4 is 25.3 Å². The lowest BCUT2D eigenvalue weighted by Gasteiger charge is -2.47. The molecule has 17 heavy (non-hydrogen) atoms. The zero-order chi connectivity index (χ0) is 13.0. The number of thiocarbonyl (C=S) groups is 1. The van der Waals surface area contributed by atoms with E-state index in [1.165, 1.54) is 29.2 Å². The number of nitrogens with zero attached hydrogens (tertiary/aromatic N) is 1. The van der Waals surface area contributed by atoms with Crippen molar-refractivity contribution in [2.24, 2.45) is 0 Å². The van der Waals surface area contributed by atoms with Gasteiger partial charge in [0.05, 0.1) is 13.6 Å². The summed E-state index contributed by atoms with van der Waals surface area (Å²) < 4.78 is 0. The summed E-state index contributed by atoms with van der Waals surface area (Å²) in [6.07, 6.45) is 2.43. The molecule has 0 aromatic rings. The van der Waals surface area contributed by atoms with Crippen LogP contribution in [0.3, 0.4) is 0 Å². The molecule has 0 N–H and O–H groups in total. The Bertz CT molecular complexity index is 430. The van der Waals surface area contributed by atoms with Crippen molar-refractivity contribution in [2.75, 3.05) is 6.54 Å². The lowest BCUT2D eigenvalue weighted by molar-refractivity contribution is 0.306. The third kappa shape index (κ3) is 1.75. The van der Waals surface area contributed by atoms with E-state index in [1.807, 2.05) is 0 Å². The molecule has 0 amide bonds. The fourth-order valence-corrected chi connectivity index (χ4v) is 6.75. The molecule has 0 aromatic heterocycles. The predicted octanol–water partition coefficient (Wildman–Crippen LogP) is 3.93. The quantitative estimate of drug-likeness (QED) is 0.522. The Balaban J connectivity index is 2.60. The van der Waals surface area contributed by atoms with Crippen LogP contribution in [0.1, 0.15) is 26.7 Å². The smallest absolute Gasteiger partial charge is 0.102 e. The van der Waals surface area contributed by atoms with Crippen LogP contribution in [0.2, 0.25) is 19.6 Å². The van der Waals surface area contributed by atoms with Crippen molar-refractivity contribution in [3.63, 3.8) is 0 Å². The first-order chi connectivity index (χ1) is 7.69. The van der Waals surface area contributed by atoms with E-state index in [1.54, 1.807) is 0 Å². The van der Waals surface area contributed by atoms with E-state index in [4.69, 9.17) is 12.2 Å². The molecule has 1 unspecified atom stereocenters. The lowest BCUT2D eigenvalue weighted by Crippen LogP contribution is -2.53. The summed E-state index contributed by atoms with van der Waals surface area (Å²) >= 11 is 5.78. The molecule has 1 saturated heterocycles. The second-order valence-electron chi connectivity index (χ2n) is 6.56. The van der Waals surface area contributed by atoms with Gasteiger partial charge in [0, 0.05) is 6.54 Å². The Kier molecular flexibility index (Phi) is 2.90. The van der Waals surface area contributed by atoms with Crippen LogP contribution >= 0.6 is 12.2 Å². The highest BCUT2D eigenvalue weighted by Gasteiger charge is 2.47. The summed E-state index contributed by atoms with van der Waals surface area (Å²) in [5, 5.41) is 1.46. The number of hydrogen-bond donors (Lipinski definition) is 0. The molecule has 0 spiro atoms. The summed E-state index contributed by atoms with van der Waals surface area (Å²) in [6, 6.07) is 0. The van der Waals surface area contributed by atoms with Crippen molar-refractivity contribution in [3.05, 3.63) is 22.9 Å². The van der Waals surface area contributed by atoms with Gasteiger partial charge in [-0.25, -0.2) is 0 Å². The van der Waals surface area contributed by atoms with Crippen LogP contribution in [0.15, 0.2) is 22.9 Å². The molecule has 1 fully saturated rings. The second kappa shape index (κ2) is 3.79. The highest BCUT2D eigenvalue weighted by Crippen LogP contribution is 2.45. The van der Waals surface area contributed by atoms with Gasteiger partial charge in [-0.3, -0.25) is 0 Å². The van der Waals surface area contributed by atoms with Crippen LogP contribution in [0, 0.1) is 0 Å². The van der Waals surface area contributed by atoms with Crippen LogP contribution in [0.25, 0.3) is 0 Å². The predicted molar refractivity (Wildman–Crippen MR) is 82.1 cm³/mol.